The minimum Gasteiger partial charge on any atom is -0.507 e. The highest BCUT2D eigenvalue weighted by molar-refractivity contribution is 5.70. The maximum atomic E-state index is 12.8. The van der Waals surface area contributed by atoms with Gasteiger partial charge in [-0.1, -0.05) is 53.7 Å². The molecule has 0 aliphatic carbocycles. The van der Waals surface area contributed by atoms with E-state index in [4.69, 9.17) is 4.74 Å². The minimum absolute atomic E-state index is 0.122. The van der Waals surface area contributed by atoms with E-state index in [0.717, 1.165) is 29.5 Å². The Hall–Kier alpha value is -1.59. The Morgan fingerprint density at radius 3 is 1.85 bits per heavy atom. The number of hydrogen-bond acceptors (Lipinski definition) is 5. The summed E-state index contributed by atoms with van der Waals surface area (Å²) in [5.74, 6) is 0.185. The van der Waals surface area contributed by atoms with Gasteiger partial charge in [0.05, 0.1) is 6.61 Å². The number of carbonyl (C=O) groups is 1. The zero-order chi connectivity index (χ0) is 25.4. The lowest BCUT2D eigenvalue weighted by Gasteiger charge is -2.54. The van der Waals surface area contributed by atoms with Gasteiger partial charge in [0.2, 0.25) is 0 Å². The topological polar surface area (TPSA) is 70.0 Å². The van der Waals surface area contributed by atoms with E-state index < -0.39 is 0 Å². The number of β-amino-alcohol motifs (C(OH)–C–C–N with tert-alkyl or cyclic N) is 1. The summed E-state index contributed by atoms with van der Waals surface area (Å²) < 4.78 is 5.95. The number of carbonyl (C=O) groups excluding carboxylic acids is 1. The normalized spacial score (nSPS) is 19.5. The molecule has 0 unspecified atom stereocenters. The molecule has 1 saturated heterocycles. The summed E-state index contributed by atoms with van der Waals surface area (Å²) in [5.41, 5.74) is 2.18. The average molecular weight is 462 g/mol. The lowest BCUT2D eigenvalue weighted by molar-refractivity contribution is -0.160. The number of nitrogens with zero attached hydrogens (tertiary/aromatic N) is 1. The van der Waals surface area contributed by atoms with Crippen molar-refractivity contribution in [3.63, 3.8) is 0 Å². The minimum atomic E-state index is -0.194. The van der Waals surface area contributed by atoms with Crippen molar-refractivity contribution in [2.24, 2.45) is 0 Å². The fourth-order valence-electron chi connectivity index (χ4n) is 5.49. The van der Waals surface area contributed by atoms with Gasteiger partial charge in [-0.2, -0.15) is 0 Å². The Labute approximate surface area is 201 Å². The maximum Gasteiger partial charge on any atom is 0.306 e. The van der Waals surface area contributed by atoms with Gasteiger partial charge in [-0.05, 0) is 61.6 Å². The number of piperidine rings is 1. The Morgan fingerprint density at radius 2 is 1.45 bits per heavy atom. The van der Waals surface area contributed by atoms with Gasteiger partial charge in [0.15, 0.2) is 0 Å². The molecule has 188 valence electrons. The third kappa shape index (κ3) is 6.73. The summed E-state index contributed by atoms with van der Waals surface area (Å²) in [4.78, 5) is 15.1. The molecular weight excluding hydrogens is 414 g/mol. The monoisotopic (exact) mass is 461 g/mol. The molecule has 0 aromatic heterocycles. The number of rotatable bonds is 6. The van der Waals surface area contributed by atoms with Gasteiger partial charge >= 0.3 is 5.97 Å². The van der Waals surface area contributed by atoms with Crippen LogP contribution in [0.15, 0.2) is 12.1 Å². The molecule has 1 aromatic carbocycles. The van der Waals surface area contributed by atoms with Crippen LogP contribution in [0, 0.1) is 0 Å². The molecule has 33 heavy (non-hydrogen) atoms. The highest BCUT2D eigenvalue weighted by Gasteiger charge is 2.46. The predicted molar refractivity (Wildman–Crippen MR) is 135 cm³/mol. The maximum absolute atomic E-state index is 12.8. The molecule has 0 radical (unpaired) electrons. The predicted octanol–water partition coefficient (Wildman–Crippen LogP) is 5.48. The fraction of sp³-hybridized carbons (Fsp3) is 0.750. The number of hydrogen-bond donors (Lipinski definition) is 2. The van der Waals surface area contributed by atoms with Gasteiger partial charge in [-0.25, -0.2) is 0 Å². The van der Waals surface area contributed by atoms with Crippen molar-refractivity contribution in [3.8, 4) is 5.75 Å². The van der Waals surface area contributed by atoms with Gasteiger partial charge in [-0.15, -0.1) is 0 Å². The number of aliphatic hydroxyl groups is 1. The zero-order valence-corrected chi connectivity index (χ0v) is 22.6. The fourth-order valence-corrected chi connectivity index (χ4v) is 5.49. The molecule has 1 aromatic rings. The molecule has 2 N–H and O–H groups in total. The molecule has 5 nitrogen and oxygen atoms in total. The number of aliphatic hydroxyl groups excluding tert-OH is 1. The molecule has 0 atom stereocenters. The van der Waals surface area contributed by atoms with Crippen molar-refractivity contribution in [2.75, 3.05) is 13.2 Å². The Balaban J connectivity index is 2.14. The molecular formula is C28H47NO4. The van der Waals surface area contributed by atoms with Crippen LogP contribution in [0.1, 0.15) is 105 Å². The van der Waals surface area contributed by atoms with Crippen LogP contribution in [0.2, 0.25) is 0 Å². The van der Waals surface area contributed by atoms with E-state index in [-0.39, 0.29) is 40.6 Å². The summed E-state index contributed by atoms with van der Waals surface area (Å²) in [6.07, 6.45) is 2.28. The second kappa shape index (κ2) is 9.58. The lowest BCUT2D eigenvalue weighted by Crippen LogP contribution is -2.62. The quantitative estimate of drug-likeness (QED) is 0.549. The van der Waals surface area contributed by atoms with Gasteiger partial charge in [0.1, 0.15) is 11.9 Å². The van der Waals surface area contributed by atoms with Crippen LogP contribution in [0.25, 0.3) is 0 Å². The summed E-state index contributed by atoms with van der Waals surface area (Å²) in [5, 5.41) is 20.4. The van der Waals surface area contributed by atoms with E-state index in [1.54, 1.807) is 0 Å². The first kappa shape index (κ1) is 27.7. The van der Waals surface area contributed by atoms with Gasteiger partial charge in [-0.3, -0.25) is 9.69 Å². The van der Waals surface area contributed by atoms with E-state index >= 15 is 0 Å². The van der Waals surface area contributed by atoms with Gasteiger partial charge in [0.25, 0.3) is 0 Å². The third-order valence-electron chi connectivity index (χ3n) is 6.94. The number of aromatic hydroxyl groups is 1. The molecule has 1 aliphatic heterocycles. The Morgan fingerprint density at radius 1 is 1.00 bits per heavy atom. The zero-order valence-electron chi connectivity index (χ0n) is 22.6. The first-order valence-corrected chi connectivity index (χ1v) is 12.3. The number of phenols is 1. The molecule has 2 rings (SSSR count). The summed E-state index contributed by atoms with van der Waals surface area (Å²) in [6, 6.07) is 4.08. The van der Waals surface area contributed by atoms with E-state index in [0.29, 0.717) is 25.1 Å². The number of benzene rings is 1. The molecule has 0 saturated carbocycles. The second-order valence-electron chi connectivity index (χ2n) is 13.1. The van der Waals surface area contributed by atoms with Crippen molar-refractivity contribution >= 4 is 5.97 Å². The van der Waals surface area contributed by atoms with Crippen molar-refractivity contribution in [1.82, 2.24) is 4.90 Å². The molecule has 0 amide bonds. The molecule has 0 bridgehead atoms. The average Bonchev–Trinajstić information content (AvgIpc) is 2.61. The number of likely N-dealkylation sites (tertiary alicyclic amines) is 1. The van der Waals surface area contributed by atoms with Crippen LogP contribution in [-0.2, 0) is 26.8 Å². The van der Waals surface area contributed by atoms with Crippen molar-refractivity contribution in [2.45, 2.75) is 123 Å². The van der Waals surface area contributed by atoms with Crippen LogP contribution in [0.5, 0.6) is 5.75 Å². The number of aryl methyl sites for hydroxylation is 1. The molecule has 1 fully saturated rings. The van der Waals surface area contributed by atoms with Crippen molar-refractivity contribution in [3.05, 3.63) is 28.8 Å². The largest absolute Gasteiger partial charge is 0.507 e. The van der Waals surface area contributed by atoms with Crippen LogP contribution in [-0.4, -0.2) is 51.4 Å². The summed E-state index contributed by atoms with van der Waals surface area (Å²) in [7, 11) is 0. The molecule has 1 heterocycles. The Bertz CT molecular complexity index is 789. The number of phenolic OH excluding ortho intramolecular Hbond substituents is 1. The Kier molecular flexibility index (Phi) is 8.02. The number of esters is 1. The van der Waals surface area contributed by atoms with E-state index in [1.165, 1.54) is 0 Å². The summed E-state index contributed by atoms with van der Waals surface area (Å²) >= 11 is 0. The standard InChI is InChI=1S/C28H47NO4/c1-25(2,3)21-15-19(16-22(24(21)32)26(4,5)6)11-12-23(31)33-20-17-27(7,8)29(13-14-30)28(9,10)18-20/h15-16,20,30,32H,11-14,17-18H2,1-10H3. The second-order valence-corrected chi connectivity index (χ2v) is 13.1. The first-order valence-electron chi connectivity index (χ1n) is 12.3. The third-order valence-corrected chi connectivity index (χ3v) is 6.94. The van der Waals surface area contributed by atoms with Crippen molar-refractivity contribution in [1.29, 1.82) is 0 Å². The molecule has 5 heteroatoms. The van der Waals surface area contributed by atoms with E-state index in [2.05, 4.69) is 74.1 Å². The smallest absolute Gasteiger partial charge is 0.306 e. The highest BCUT2D eigenvalue weighted by Crippen LogP contribution is 2.41. The van der Waals surface area contributed by atoms with Crippen LogP contribution in [0.4, 0.5) is 0 Å². The van der Waals surface area contributed by atoms with Crippen LogP contribution in [0.3, 0.4) is 0 Å². The van der Waals surface area contributed by atoms with Gasteiger partial charge in [0, 0.05) is 36.9 Å². The van der Waals surface area contributed by atoms with Gasteiger partial charge < -0.3 is 14.9 Å². The number of ether oxygens (including phenoxy) is 1. The highest BCUT2D eigenvalue weighted by atomic mass is 16.5. The first-order chi connectivity index (χ1) is 14.9. The SMILES string of the molecule is CC(C)(C)c1cc(CCC(=O)OC2CC(C)(C)N(CCO)C(C)(C)C2)cc(C(C)(C)C)c1O. The van der Waals surface area contributed by atoms with E-state index in [9.17, 15) is 15.0 Å². The van der Waals surface area contributed by atoms with Crippen molar-refractivity contribution < 1.29 is 19.7 Å². The molecule has 1 aliphatic rings. The summed E-state index contributed by atoms with van der Waals surface area (Å²) in [6.45, 7) is 21.9. The van der Waals surface area contributed by atoms with Crippen LogP contribution < -0.4 is 0 Å². The lowest BCUT2D eigenvalue weighted by atomic mass is 9.78. The van der Waals surface area contributed by atoms with Crippen LogP contribution >= 0.6 is 0 Å². The van der Waals surface area contributed by atoms with E-state index in [1.807, 2.05) is 12.1 Å². The molecule has 0 spiro atoms.